The number of aryl methyl sites for hydroxylation is 1. The molecular weight excluding hydrogens is 334 g/mol. The number of rotatable bonds is 3. The van der Waals surface area contributed by atoms with Gasteiger partial charge in [0.1, 0.15) is 0 Å². The molecule has 1 saturated heterocycles. The van der Waals surface area contributed by atoms with Crippen molar-refractivity contribution in [3.8, 4) is 0 Å². The molecule has 0 spiro atoms. The van der Waals surface area contributed by atoms with Crippen molar-refractivity contribution in [3.63, 3.8) is 0 Å². The largest absolute Gasteiger partial charge is 0.358 e. The highest BCUT2D eigenvalue weighted by atomic mass is 16.5. The van der Waals surface area contributed by atoms with Gasteiger partial charge in [0.25, 0.3) is 0 Å². The molecule has 0 radical (unpaired) electrons. The van der Waals surface area contributed by atoms with Crippen LogP contribution in [0.25, 0.3) is 21.9 Å². The Morgan fingerprint density at radius 1 is 1.04 bits per heavy atom. The summed E-state index contributed by atoms with van der Waals surface area (Å²) in [5.41, 5.74) is 6.00. The van der Waals surface area contributed by atoms with E-state index in [2.05, 4.69) is 65.3 Å². The molecular formula is C23H25N3O. The SMILES string of the molecule is Cc1[nH]c2ccccc2c1C(C)N1CCC(c2noc3ccccc23)CC1. The van der Waals surface area contributed by atoms with Crippen molar-refractivity contribution in [1.82, 2.24) is 15.0 Å². The quantitative estimate of drug-likeness (QED) is 0.521. The van der Waals surface area contributed by atoms with Gasteiger partial charge in [0, 0.05) is 33.9 Å². The first-order valence-electron chi connectivity index (χ1n) is 9.88. The van der Waals surface area contributed by atoms with Crippen molar-refractivity contribution in [2.75, 3.05) is 13.1 Å². The summed E-state index contributed by atoms with van der Waals surface area (Å²) in [4.78, 5) is 6.16. The topological polar surface area (TPSA) is 45.1 Å². The molecule has 1 fully saturated rings. The van der Waals surface area contributed by atoms with Gasteiger partial charge in [-0.25, -0.2) is 0 Å². The Hall–Kier alpha value is -2.59. The van der Waals surface area contributed by atoms with Crippen molar-refractivity contribution in [1.29, 1.82) is 0 Å². The van der Waals surface area contributed by atoms with Crippen LogP contribution in [0.5, 0.6) is 0 Å². The molecule has 1 N–H and O–H groups in total. The van der Waals surface area contributed by atoms with Crippen LogP contribution in [-0.2, 0) is 0 Å². The number of piperidine rings is 1. The second-order valence-electron chi connectivity index (χ2n) is 7.76. The zero-order valence-corrected chi connectivity index (χ0v) is 15.9. The van der Waals surface area contributed by atoms with Gasteiger partial charge in [-0.3, -0.25) is 4.90 Å². The maximum absolute atomic E-state index is 5.53. The highest BCUT2D eigenvalue weighted by molar-refractivity contribution is 5.85. The van der Waals surface area contributed by atoms with Gasteiger partial charge in [0.05, 0.1) is 5.69 Å². The van der Waals surface area contributed by atoms with Crippen LogP contribution in [0.1, 0.15) is 48.7 Å². The molecule has 4 nitrogen and oxygen atoms in total. The summed E-state index contributed by atoms with van der Waals surface area (Å²) in [6.07, 6.45) is 2.25. The van der Waals surface area contributed by atoms with E-state index in [1.807, 2.05) is 12.1 Å². The van der Waals surface area contributed by atoms with E-state index in [0.717, 1.165) is 37.2 Å². The molecule has 3 heterocycles. The number of aromatic amines is 1. The summed E-state index contributed by atoms with van der Waals surface area (Å²) in [5.74, 6) is 0.487. The van der Waals surface area contributed by atoms with E-state index in [1.54, 1.807) is 0 Å². The molecule has 5 rings (SSSR count). The van der Waals surface area contributed by atoms with E-state index in [-0.39, 0.29) is 0 Å². The van der Waals surface area contributed by atoms with Crippen LogP contribution in [0, 0.1) is 6.92 Å². The number of H-pyrrole nitrogens is 1. The molecule has 27 heavy (non-hydrogen) atoms. The summed E-state index contributed by atoms with van der Waals surface area (Å²) >= 11 is 0. The Labute approximate surface area is 159 Å². The molecule has 138 valence electrons. The van der Waals surface area contributed by atoms with Crippen LogP contribution in [0.2, 0.25) is 0 Å². The van der Waals surface area contributed by atoms with Gasteiger partial charge in [-0.15, -0.1) is 0 Å². The molecule has 0 amide bonds. The van der Waals surface area contributed by atoms with Gasteiger partial charge in [-0.05, 0) is 63.5 Å². The fourth-order valence-corrected chi connectivity index (χ4v) is 4.78. The minimum atomic E-state index is 0.413. The Bertz CT molecular complexity index is 1090. The normalized spacial score (nSPS) is 17.7. The molecule has 4 heteroatoms. The molecule has 1 aliphatic rings. The lowest BCUT2D eigenvalue weighted by molar-refractivity contribution is 0.161. The Balaban J connectivity index is 1.36. The second-order valence-corrected chi connectivity index (χ2v) is 7.76. The van der Waals surface area contributed by atoms with Crippen molar-refractivity contribution in [2.45, 2.75) is 38.6 Å². The average molecular weight is 359 g/mol. The Morgan fingerprint density at radius 2 is 1.74 bits per heavy atom. The molecule has 1 atom stereocenters. The lowest BCUT2D eigenvalue weighted by atomic mass is 9.90. The predicted octanol–water partition coefficient (Wildman–Crippen LogP) is 5.56. The van der Waals surface area contributed by atoms with E-state index in [1.165, 1.54) is 27.5 Å². The maximum atomic E-state index is 5.53. The van der Waals surface area contributed by atoms with Crippen LogP contribution >= 0.6 is 0 Å². The third kappa shape index (κ3) is 2.76. The van der Waals surface area contributed by atoms with E-state index >= 15 is 0 Å². The van der Waals surface area contributed by atoms with Crippen molar-refractivity contribution < 1.29 is 4.52 Å². The smallest absolute Gasteiger partial charge is 0.167 e. The van der Waals surface area contributed by atoms with Crippen LogP contribution in [0.4, 0.5) is 0 Å². The van der Waals surface area contributed by atoms with Gasteiger partial charge < -0.3 is 9.51 Å². The fourth-order valence-electron chi connectivity index (χ4n) is 4.78. The number of aromatic nitrogens is 2. The van der Waals surface area contributed by atoms with Crippen LogP contribution in [0.15, 0.2) is 53.1 Å². The van der Waals surface area contributed by atoms with E-state index in [4.69, 9.17) is 4.52 Å². The molecule has 2 aromatic carbocycles. The molecule has 1 aliphatic heterocycles. The van der Waals surface area contributed by atoms with Gasteiger partial charge in [-0.1, -0.05) is 35.5 Å². The number of benzene rings is 2. The number of hydrogen-bond acceptors (Lipinski definition) is 3. The van der Waals surface area contributed by atoms with Gasteiger partial charge in [0.2, 0.25) is 0 Å². The number of hydrogen-bond donors (Lipinski definition) is 1. The monoisotopic (exact) mass is 359 g/mol. The third-order valence-electron chi connectivity index (χ3n) is 6.23. The third-order valence-corrected chi connectivity index (χ3v) is 6.23. The fraction of sp³-hybridized carbons (Fsp3) is 0.348. The molecule has 0 aliphatic carbocycles. The predicted molar refractivity (Wildman–Crippen MR) is 109 cm³/mol. The van der Waals surface area contributed by atoms with E-state index in [0.29, 0.717) is 12.0 Å². The Kier molecular flexibility index (Phi) is 4.01. The van der Waals surface area contributed by atoms with E-state index < -0.39 is 0 Å². The van der Waals surface area contributed by atoms with Crippen LogP contribution < -0.4 is 0 Å². The molecule has 0 bridgehead atoms. The summed E-state index contributed by atoms with van der Waals surface area (Å²) in [5, 5.41) is 6.93. The summed E-state index contributed by atoms with van der Waals surface area (Å²) in [6.45, 7) is 6.71. The zero-order chi connectivity index (χ0) is 18.4. The molecule has 2 aromatic heterocycles. The number of nitrogens with zero attached hydrogens (tertiary/aromatic N) is 2. The van der Waals surface area contributed by atoms with Crippen molar-refractivity contribution in [2.24, 2.45) is 0 Å². The Morgan fingerprint density at radius 3 is 2.56 bits per heavy atom. The second kappa shape index (κ2) is 6.54. The lowest BCUT2D eigenvalue weighted by Crippen LogP contribution is -2.35. The first-order chi connectivity index (χ1) is 13.2. The number of nitrogens with one attached hydrogen (secondary N) is 1. The van der Waals surface area contributed by atoms with Crippen LogP contribution in [-0.4, -0.2) is 28.1 Å². The molecule has 4 aromatic rings. The number of likely N-dealkylation sites (tertiary alicyclic amines) is 1. The minimum Gasteiger partial charge on any atom is -0.358 e. The maximum Gasteiger partial charge on any atom is 0.167 e. The summed E-state index contributed by atoms with van der Waals surface area (Å²) < 4.78 is 5.53. The van der Waals surface area contributed by atoms with Crippen molar-refractivity contribution >= 4 is 21.9 Å². The van der Waals surface area contributed by atoms with Gasteiger partial charge >= 0.3 is 0 Å². The summed E-state index contributed by atoms with van der Waals surface area (Å²) in [7, 11) is 0. The van der Waals surface area contributed by atoms with E-state index in [9.17, 15) is 0 Å². The highest BCUT2D eigenvalue weighted by Crippen LogP contribution is 2.37. The van der Waals surface area contributed by atoms with Gasteiger partial charge in [-0.2, -0.15) is 0 Å². The molecule has 0 saturated carbocycles. The minimum absolute atomic E-state index is 0.413. The lowest BCUT2D eigenvalue weighted by Gasteiger charge is -2.36. The molecule has 1 unspecified atom stereocenters. The standard InChI is InChI=1S/C23H25N3O/c1-15-22(18-7-3-5-9-20(18)24-15)16(2)26-13-11-17(12-14-26)23-19-8-4-6-10-21(19)27-25-23/h3-10,16-17,24H,11-14H2,1-2H3. The first-order valence-corrected chi connectivity index (χ1v) is 9.88. The number of fused-ring (bicyclic) bond motifs is 2. The van der Waals surface area contributed by atoms with Gasteiger partial charge in [0.15, 0.2) is 5.58 Å². The average Bonchev–Trinajstić information content (AvgIpc) is 3.28. The summed E-state index contributed by atoms with van der Waals surface area (Å²) in [6, 6.07) is 17.3. The highest BCUT2D eigenvalue weighted by Gasteiger charge is 2.29. The van der Waals surface area contributed by atoms with Crippen molar-refractivity contribution in [3.05, 3.63) is 65.5 Å². The zero-order valence-electron chi connectivity index (χ0n) is 15.9. The van der Waals surface area contributed by atoms with Crippen LogP contribution in [0.3, 0.4) is 0 Å². The first kappa shape index (κ1) is 16.6. The number of para-hydroxylation sites is 2.